The van der Waals surface area contributed by atoms with Gasteiger partial charge in [0.15, 0.2) is 0 Å². The Bertz CT molecular complexity index is 1090. The Morgan fingerprint density at radius 2 is 1.77 bits per heavy atom. The highest BCUT2D eigenvalue weighted by Crippen LogP contribution is 2.36. The van der Waals surface area contributed by atoms with Gasteiger partial charge in [0.05, 0.1) is 0 Å². The predicted octanol–water partition coefficient (Wildman–Crippen LogP) is 5.95. The number of hydrogen-bond acceptors (Lipinski definition) is 5. The van der Waals surface area contributed by atoms with Crippen molar-refractivity contribution >= 4 is 17.0 Å². The first kappa shape index (κ1) is 24.3. The Morgan fingerprint density at radius 3 is 2.49 bits per heavy atom. The monoisotopic (exact) mass is 474 g/mol. The maximum atomic E-state index is 5.05. The molecule has 6 nitrogen and oxygen atoms in total. The summed E-state index contributed by atoms with van der Waals surface area (Å²) in [5.41, 5.74) is 4.98. The predicted molar refractivity (Wildman–Crippen MR) is 146 cm³/mol. The second kappa shape index (κ2) is 11.1. The average molecular weight is 475 g/mol. The van der Waals surface area contributed by atoms with E-state index in [1.54, 1.807) is 0 Å². The quantitative estimate of drug-likeness (QED) is 0.437. The number of nitrogens with one attached hydrogen (secondary N) is 1. The van der Waals surface area contributed by atoms with Crippen molar-refractivity contribution in [2.24, 2.45) is 0 Å². The highest BCUT2D eigenvalue weighted by Gasteiger charge is 2.22. The second-order valence-corrected chi connectivity index (χ2v) is 10.8. The molecule has 0 bridgehead atoms. The van der Waals surface area contributed by atoms with Gasteiger partial charge in [-0.05, 0) is 44.4 Å². The summed E-state index contributed by atoms with van der Waals surface area (Å²) in [4.78, 5) is 14.8. The largest absolute Gasteiger partial charge is 0.352 e. The van der Waals surface area contributed by atoms with Gasteiger partial charge in [-0.3, -0.25) is 4.90 Å². The molecule has 1 saturated carbocycles. The molecule has 5 rings (SSSR count). The zero-order valence-corrected chi connectivity index (χ0v) is 21.8. The lowest BCUT2D eigenvalue weighted by molar-refractivity contribution is 0.148. The third-order valence-electron chi connectivity index (χ3n) is 7.90. The molecule has 1 unspecified atom stereocenters. The van der Waals surface area contributed by atoms with Gasteiger partial charge in [0.2, 0.25) is 5.95 Å². The van der Waals surface area contributed by atoms with E-state index in [1.165, 1.54) is 48.8 Å². The van der Waals surface area contributed by atoms with Crippen molar-refractivity contribution in [1.29, 1.82) is 0 Å². The van der Waals surface area contributed by atoms with Crippen molar-refractivity contribution in [3.05, 3.63) is 42.2 Å². The molecule has 2 fully saturated rings. The molecule has 1 aromatic carbocycles. The summed E-state index contributed by atoms with van der Waals surface area (Å²) in [5.74, 6) is 0.752. The standard InChI is InChI=1S/C29H42N6/c1-4-8-22(2)31-29-30-19-26-27(21-35(28(26)32-29)25-9-6-5-7-10-25)24-13-11-23(12-14-24)20-34-17-15-33(3)16-18-34/h11-14,19,21-22,25H,4-10,15-18,20H2,1-3H3,(H,30,31,32). The topological polar surface area (TPSA) is 49.2 Å². The molecule has 1 aliphatic heterocycles. The maximum absolute atomic E-state index is 5.05. The van der Waals surface area contributed by atoms with Crippen LogP contribution in [-0.2, 0) is 6.54 Å². The molecule has 0 amide bonds. The molecule has 35 heavy (non-hydrogen) atoms. The van der Waals surface area contributed by atoms with Crippen LogP contribution in [0.3, 0.4) is 0 Å². The first-order valence-corrected chi connectivity index (χ1v) is 13.7. The summed E-state index contributed by atoms with van der Waals surface area (Å²) in [6.07, 6.45) is 13.1. The van der Waals surface area contributed by atoms with Gasteiger partial charge >= 0.3 is 0 Å². The van der Waals surface area contributed by atoms with Crippen LogP contribution in [0.1, 0.15) is 70.4 Å². The minimum Gasteiger partial charge on any atom is -0.352 e. The number of piperazine rings is 1. The first-order valence-electron chi connectivity index (χ1n) is 13.7. The minimum atomic E-state index is 0.378. The molecule has 2 aliphatic rings. The molecule has 3 heterocycles. The van der Waals surface area contributed by atoms with E-state index in [0.29, 0.717) is 12.1 Å². The Kier molecular flexibility index (Phi) is 7.69. The fraction of sp³-hybridized carbons (Fsp3) is 0.586. The maximum Gasteiger partial charge on any atom is 0.224 e. The fourth-order valence-corrected chi connectivity index (χ4v) is 5.75. The fourth-order valence-electron chi connectivity index (χ4n) is 5.75. The Labute approximate surface area is 210 Å². The molecule has 0 spiro atoms. The van der Waals surface area contributed by atoms with Crippen molar-refractivity contribution in [3.8, 4) is 11.1 Å². The highest BCUT2D eigenvalue weighted by molar-refractivity contribution is 5.94. The lowest BCUT2D eigenvalue weighted by Gasteiger charge is -2.32. The van der Waals surface area contributed by atoms with E-state index < -0.39 is 0 Å². The average Bonchev–Trinajstić information content (AvgIpc) is 3.25. The van der Waals surface area contributed by atoms with Crippen LogP contribution in [0, 0.1) is 0 Å². The molecule has 3 aromatic rings. The number of nitrogens with zero attached hydrogens (tertiary/aromatic N) is 5. The molecule has 0 radical (unpaired) electrons. The van der Waals surface area contributed by atoms with Gasteiger partial charge in [-0.1, -0.05) is 56.9 Å². The summed E-state index contributed by atoms with van der Waals surface area (Å²) in [7, 11) is 2.21. The van der Waals surface area contributed by atoms with Gasteiger partial charge in [0.25, 0.3) is 0 Å². The van der Waals surface area contributed by atoms with Crippen LogP contribution >= 0.6 is 0 Å². The van der Waals surface area contributed by atoms with E-state index in [-0.39, 0.29) is 0 Å². The van der Waals surface area contributed by atoms with E-state index >= 15 is 0 Å². The molecule has 1 N–H and O–H groups in total. The van der Waals surface area contributed by atoms with Gasteiger partial charge in [-0.2, -0.15) is 4.98 Å². The van der Waals surface area contributed by atoms with Crippen LogP contribution in [0.5, 0.6) is 0 Å². The smallest absolute Gasteiger partial charge is 0.224 e. The summed E-state index contributed by atoms with van der Waals surface area (Å²) in [6, 6.07) is 10.1. The van der Waals surface area contributed by atoms with Crippen LogP contribution in [-0.4, -0.2) is 63.6 Å². The lowest BCUT2D eigenvalue weighted by atomic mass is 9.95. The van der Waals surface area contributed by atoms with Gasteiger partial charge < -0.3 is 14.8 Å². The molecular formula is C29H42N6. The van der Waals surface area contributed by atoms with E-state index in [2.05, 4.69) is 71.0 Å². The van der Waals surface area contributed by atoms with E-state index in [9.17, 15) is 0 Å². The SMILES string of the molecule is CCCC(C)Nc1ncc2c(-c3ccc(CN4CCN(C)CC4)cc3)cn(C3CCCCC3)c2n1. The zero-order chi connectivity index (χ0) is 24.2. The van der Waals surface area contributed by atoms with Crippen LogP contribution in [0.2, 0.25) is 0 Å². The molecule has 6 heteroatoms. The summed E-state index contributed by atoms with van der Waals surface area (Å²) in [6.45, 7) is 10.1. The van der Waals surface area contributed by atoms with Crippen molar-refractivity contribution in [2.75, 3.05) is 38.5 Å². The van der Waals surface area contributed by atoms with Gasteiger partial charge in [0, 0.05) is 68.2 Å². The zero-order valence-electron chi connectivity index (χ0n) is 21.8. The lowest BCUT2D eigenvalue weighted by Crippen LogP contribution is -2.43. The molecule has 188 valence electrons. The highest BCUT2D eigenvalue weighted by atomic mass is 15.2. The Balaban J connectivity index is 1.42. The number of fused-ring (bicyclic) bond motifs is 1. The van der Waals surface area contributed by atoms with E-state index in [0.717, 1.165) is 62.5 Å². The van der Waals surface area contributed by atoms with E-state index in [1.807, 2.05) is 6.20 Å². The number of likely N-dealkylation sites (N-methyl/N-ethyl adjacent to an activating group) is 1. The van der Waals surface area contributed by atoms with Crippen molar-refractivity contribution < 1.29 is 0 Å². The second-order valence-electron chi connectivity index (χ2n) is 10.8. The van der Waals surface area contributed by atoms with Crippen molar-refractivity contribution in [1.82, 2.24) is 24.3 Å². The number of hydrogen-bond donors (Lipinski definition) is 1. The normalized spacial score (nSPS) is 19.3. The van der Waals surface area contributed by atoms with Crippen LogP contribution in [0.15, 0.2) is 36.7 Å². The van der Waals surface area contributed by atoms with Gasteiger partial charge in [-0.25, -0.2) is 4.98 Å². The number of benzene rings is 1. The van der Waals surface area contributed by atoms with Crippen molar-refractivity contribution in [3.63, 3.8) is 0 Å². The number of anilines is 1. The van der Waals surface area contributed by atoms with Gasteiger partial charge in [0.1, 0.15) is 5.65 Å². The van der Waals surface area contributed by atoms with Gasteiger partial charge in [-0.15, -0.1) is 0 Å². The molecule has 1 saturated heterocycles. The molecule has 1 atom stereocenters. The third-order valence-corrected chi connectivity index (χ3v) is 7.90. The third kappa shape index (κ3) is 5.70. The number of aromatic nitrogens is 3. The summed E-state index contributed by atoms with van der Waals surface area (Å²) < 4.78 is 2.46. The molecule has 2 aromatic heterocycles. The first-order chi connectivity index (χ1) is 17.1. The number of rotatable bonds is 8. The minimum absolute atomic E-state index is 0.378. The summed E-state index contributed by atoms with van der Waals surface area (Å²) >= 11 is 0. The van der Waals surface area contributed by atoms with Crippen LogP contribution < -0.4 is 5.32 Å². The van der Waals surface area contributed by atoms with E-state index in [4.69, 9.17) is 9.97 Å². The Morgan fingerprint density at radius 1 is 1.03 bits per heavy atom. The molecular weight excluding hydrogens is 432 g/mol. The van der Waals surface area contributed by atoms with Crippen LogP contribution in [0.4, 0.5) is 5.95 Å². The Hall–Kier alpha value is -2.44. The summed E-state index contributed by atoms with van der Waals surface area (Å²) in [5, 5.41) is 4.68. The van der Waals surface area contributed by atoms with Crippen LogP contribution in [0.25, 0.3) is 22.2 Å². The van der Waals surface area contributed by atoms with Crippen molar-refractivity contribution in [2.45, 2.75) is 77.4 Å². The molecule has 1 aliphatic carbocycles.